The molecule has 114 valence electrons. The molecule has 2 N–H and O–H groups in total. The second-order valence-electron chi connectivity index (χ2n) is 6.56. The molecule has 2 atom stereocenters. The summed E-state index contributed by atoms with van der Waals surface area (Å²) in [6, 6.07) is 0.995. The van der Waals surface area contributed by atoms with Gasteiger partial charge in [-0.1, -0.05) is 0 Å². The van der Waals surface area contributed by atoms with Gasteiger partial charge in [-0.15, -0.1) is 0 Å². The van der Waals surface area contributed by atoms with Crippen LogP contribution in [-0.2, 0) is 13.6 Å². The van der Waals surface area contributed by atoms with Crippen molar-refractivity contribution in [1.82, 2.24) is 19.8 Å². The number of nitrogens with zero attached hydrogens (tertiary/aromatic N) is 3. The number of nitrogens with one attached hydrogen (secondary N) is 1. The van der Waals surface area contributed by atoms with Gasteiger partial charge < -0.3 is 15.0 Å². The van der Waals surface area contributed by atoms with E-state index >= 15 is 0 Å². The van der Waals surface area contributed by atoms with Crippen LogP contribution in [0.1, 0.15) is 38.9 Å². The smallest absolute Gasteiger partial charge is 0.122 e. The molecule has 1 aliphatic rings. The zero-order valence-corrected chi connectivity index (χ0v) is 13.1. The van der Waals surface area contributed by atoms with Gasteiger partial charge in [-0.05, 0) is 40.2 Å². The third kappa shape index (κ3) is 4.04. The van der Waals surface area contributed by atoms with Gasteiger partial charge in [0.05, 0.1) is 13.2 Å². The molecule has 1 aromatic heterocycles. The summed E-state index contributed by atoms with van der Waals surface area (Å²) in [6.07, 6.45) is 7.22. The highest BCUT2D eigenvalue weighted by atomic mass is 16.3. The number of aliphatic hydroxyl groups excluding tert-OH is 1. The Hall–Kier alpha value is -0.910. The predicted molar refractivity (Wildman–Crippen MR) is 80.4 cm³/mol. The van der Waals surface area contributed by atoms with Crippen LogP contribution < -0.4 is 5.32 Å². The Kier molecular flexibility index (Phi) is 4.83. The molecule has 0 aliphatic heterocycles. The number of hydrogen-bond acceptors (Lipinski definition) is 4. The fraction of sp³-hybridized carbons (Fsp3) is 0.800. The lowest BCUT2D eigenvalue weighted by molar-refractivity contribution is 0.121. The van der Waals surface area contributed by atoms with Crippen molar-refractivity contribution in [3.8, 4) is 0 Å². The lowest BCUT2D eigenvalue weighted by atomic mass is 9.93. The van der Waals surface area contributed by atoms with E-state index < -0.39 is 0 Å². The summed E-state index contributed by atoms with van der Waals surface area (Å²) < 4.78 is 2.05. The van der Waals surface area contributed by atoms with E-state index in [9.17, 15) is 5.11 Å². The van der Waals surface area contributed by atoms with Crippen molar-refractivity contribution in [2.45, 2.75) is 57.3 Å². The van der Waals surface area contributed by atoms with Crippen LogP contribution in [0.3, 0.4) is 0 Å². The zero-order valence-electron chi connectivity index (χ0n) is 13.1. The molecule has 0 radical (unpaired) electrons. The van der Waals surface area contributed by atoms with E-state index in [0.29, 0.717) is 12.1 Å². The first-order valence-electron chi connectivity index (χ1n) is 7.48. The second kappa shape index (κ2) is 6.24. The first kappa shape index (κ1) is 15.5. The molecule has 5 nitrogen and oxygen atoms in total. The van der Waals surface area contributed by atoms with E-state index in [1.54, 1.807) is 0 Å². The molecule has 0 bridgehead atoms. The Bertz CT molecular complexity index is 429. The molecule has 5 heteroatoms. The summed E-state index contributed by atoms with van der Waals surface area (Å²) in [6.45, 7) is 5.35. The minimum atomic E-state index is -0.184. The van der Waals surface area contributed by atoms with Crippen LogP contribution in [-0.4, -0.2) is 50.8 Å². The van der Waals surface area contributed by atoms with Gasteiger partial charge in [0.15, 0.2) is 0 Å². The van der Waals surface area contributed by atoms with Crippen LogP contribution in [0.5, 0.6) is 0 Å². The number of imidazole rings is 1. The minimum absolute atomic E-state index is 0.184. The third-order valence-electron chi connectivity index (χ3n) is 4.29. The molecule has 1 saturated carbocycles. The third-order valence-corrected chi connectivity index (χ3v) is 4.29. The highest BCUT2D eigenvalue weighted by molar-refractivity contribution is 4.96. The minimum Gasteiger partial charge on any atom is -0.394 e. The normalized spacial score (nSPS) is 20.1. The van der Waals surface area contributed by atoms with Crippen LogP contribution in [0.2, 0.25) is 0 Å². The number of aliphatic hydroxyl groups is 1. The summed E-state index contributed by atoms with van der Waals surface area (Å²) in [5.41, 5.74) is -0.184. The Morgan fingerprint density at radius 3 is 2.80 bits per heavy atom. The maximum absolute atomic E-state index is 9.70. The zero-order chi connectivity index (χ0) is 14.8. The van der Waals surface area contributed by atoms with E-state index in [1.165, 1.54) is 12.8 Å². The fourth-order valence-corrected chi connectivity index (χ4v) is 2.63. The molecular formula is C15H28N4O. The molecule has 1 aromatic rings. The number of aromatic nitrogens is 2. The fourth-order valence-electron chi connectivity index (χ4n) is 2.63. The van der Waals surface area contributed by atoms with Crippen molar-refractivity contribution in [1.29, 1.82) is 0 Å². The van der Waals surface area contributed by atoms with Gasteiger partial charge in [-0.25, -0.2) is 4.98 Å². The first-order valence-corrected chi connectivity index (χ1v) is 7.48. The van der Waals surface area contributed by atoms with Crippen LogP contribution in [0.4, 0.5) is 0 Å². The largest absolute Gasteiger partial charge is 0.394 e. The van der Waals surface area contributed by atoms with E-state index in [-0.39, 0.29) is 12.1 Å². The summed E-state index contributed by atoms with van der Waals surface area (Å²) >= 11 is 0. The maximum atomic E-state index is 9.70. The Morgan fingerprint density at radius 2 is 2.30 bits per heavy atom. The molecule has 20 heavy (non-hydrogen) atoms. The van der Waals surface area contributed by atoms with Gasteiger partial charge in [0.2, 0.25) is 0 Å². The molecular weight excluding hydrogens is 252 g/mol. The Morgan fingerprint density at radius 1 is 1.60 bits per heavy atom. The summed E-state index contributed by atoms with van der Waals surface area (Å²) in [5, 5.41) is 13.3. The van der Waals surface area contributed by atoms with Gasteiger partial charge in [0, 0.05) is 37.1 Å². The number of rotatable bonds is 8. The Labute approximate surface area is 122 Å². The second-order valence-corrected chi connectivity index (χ2v) is 6.56. The van der Waals surface area contributed by atoms with Crippen molar-refractivity contribution in [2.24, 2.45) is 7.05 Å². The monoisotopic (exact) mass is 280 g/mol. The van der Waals surface area contributed by atoms with Gasteiger partial charge in [0.1, 0.15) is 5.82 Å². The summed E-state index contributed by atoms with van der Waals surface area (Å²) in [5.74, 6) is 1.07. The summed E-state index contributed by atoms with van der Waals surface area (Å²) in [4.78, 5) is 6.67. The Balaban J connectivity index is 1.88. The molecule has 0 saturated heterocycles. The van der Waals surface area contributed by atoms with Crippen LogP contribution >= 0.6 is 0 Å². The van der Waals surface area contributed by atoms with Crippen LogP contribution in [0.25, 0.3) is 0 Å². The highest BCUT2D eigenvalue weighted by Gasteiger charge is 2.33. The molecule has 0 spiro atoms. The highest BCUT2D eigenvalue weighted by Crippen LogP contribution is 2.25. The van der Waals surface area contributed by atoms with Crippen molar-refractivity contribution < 1.29 is 5.11 Å². The molecule has 1 fully saturated rings. The molecule has 1 aliphatic carbocycles. The van der Waals surface area contributed by atoms with E-state index in [1.807, 2.05) is 19.4 Å². The average Bonchev–Trinajstić information content (AvgIpc) is 3.12. The van der Waals surface area contributed by atoms with Gasteiger partial charge in [0.25, 0.3) is 0 Å². The van der Waals surface area contributed by atoms with Gasteiger partial charge >= 0.3 is 0 Å². The van der Waals surface area contributed by atoms with Crippen molar-refractivity contribution in [3.63, 3.8) is 0 Å². The molecule has 1 heterocycles. The van der Waals surface area contributed by atoms with E-state index in [4.69, 9.17) is 0 Å². The number of aryl methyl sites for hydroxylation is 1. The maximum Gasteiger partial charge on any atom is 0.122 e. The van der Waals surface area contributed by atoms with Crippen LogP contribution in [0, 0.1) is 0 Å². The first-order chi connectivity index (χ1) is 9.43. The van der Waals surface area contributed by atoms with Crippen molar-refractivity contribution in [3.05, 3.63) is 18.2 Å². The van der Waals surface area contributed by atoms with Gasteiger partial charge in [-0.3, -0.25) is 4.90 Å². The van der Waals surface area contributed by atoms with Crippen molar-refractivity contribution >= 4 is 0 Å². The van der Waals surface area contributed by atoms with Gasteiger partial charge in [-0.2, -0.15) is 0 Å². The topological polar surface area (TPSA) is 53.3 Å². The summed E-state index contributed by atoms with van der Waals surface area (Å²) in [7, 11) is 4.14. The predicted octanol–water partition coefficient (Wildman–Crippen LogP) is 1.13. The molecule has 2 unspecified atom stereocenters. The van der Waals surface area contributed by atoms with E-state index in [2.05, 4.69) is 40.7 Å². The average molecular weight is 280 g/mol. The lowest BCUT2D eigenvalue weighted by Gasteiger charge is -2.35. The van der Waals surface area contributed by atoms with E-state index in [0.717, 1.165) is 18.8 Å². The standard InChI is InChI=1S/C15H28N4O/c1-12(9-15(2,11-20)17-13-5-6-13)19(4)10-14-16-7-8-18(14)3/h7-8,12-13,17,20H,5-6,9-11H2,1-4H3. The van der Waals surface area contributed by atoms with Crippen molar-refractivity contribution in [2.75, 3.05) is 13.7 Å². The molecule has 0 aromatic carbocycles. The molecule has 2 rings (SSSR count). The number of hydrogen-bond donors (Lipinski definition) is 2. The SMILES string of the molecule is CC(CC(C)(CO)NC1CC1)N(C)Cc1nccn1C. The van der Waals surface area contributed by atoms with Crippen LogP contribution in [0.15, 0.2) is 12.4 Å². The molecule has 0 amide bonds. The quantitative estimate of drug-likeness (QED) is 0.749. The lowest BCUT2D eigenvalue weighted by Crippen LogP contribution is -2.51.